The molecular weight excluding hydrogens is 371 g/mol. The molecule has 0 fully saturated rings. The third kappa shape index (κ3) is 3.32. The molecule has 0 radical (unpaired) electrons. The summed E-state index contributed by atoms with van der Waals surface area (Å²) >= 11 is 12.6. The first-order valence-electron chi connectivity index (χ1n) is 8.47. The number of benzene rings is 2. The summed E-state index contributed by atoms with van der Waals surface area (Å²) in [6.07, 6.45) is 2.43. The van der Waals surface area contributed by atoms with E-state index in [4.69, 9.17) is 28.9 Å². The number of H-pyrrole nitrogens is 1. The Labute approximate surface area is 161 Å². The van der Waals surface area contributed by atoms with Crippen molar-refractivity contribution in [3.63, 3.8) is 0 Å². The normalized spacial score (nSPS) is 11.2. The Bertz CT molecular complexity index is 980. The van der Waals surface area contributed by atoms with Crippen molar-refractivity contribution in [1.82, 2.24) is 4.98 Å². The van der Waals surface area contributed by atoms with E-state index < -0.39 is 5.97 Å². The molecule has 0 bridgehead atoms. The molecule has 0 aliphatic rings. The van der Waals surface area contributed by atoms with Crippen molar-refractivity contribution in [1.29, 1.82) is 0 Å². The summed E-state index contributed by atoms with van der Waals surface area (Å²) in [5, 5.41) is 11.3. The Morgan fingerprint density at radius 1 is 1.19 bits per heavy atom. The second-order valence-corrected chi connectivity index (χ2v) is 7.10. The predicted molar refractivity (Wildman–Crippen MR) is 107 cm³/mol. The van der Waals surface area contributed by atoms with Crippen molar-refractivity contribution < 1.29 is 9.90 Å². The first-order valence-corrected chi connectivity index (χ1v) is 9.23. The van der Waals surface area contributed by atoms with Crippen LogP contribution in [-0.4, -0.2) is 22.6 Å². The molecule has 3 rings (SSSR count). The summed E-state index contributed by atoms with van der Waals surface area (Å²) in [6, 6.07) is 8.93. The number of unbranched alkanes of at least 4 members (excludes halogenated alkanes) is 1. The van der Waals surface area contributed by atoms with E-state index in [1.165, 1.54) is 0 Å². The zero-order valence-electron chi connectivity index (χ0n) is 14.4. The van der Waals surface area contributed by atoms with Gasteiger partial charge in [-0.15, -0.1) is 0 Å². The quantitative estimate of drug-likeness (QED) is 0.490. The summed E-state index contributed by atoms with van der Waals surface area (Å²) in [5.41, 5.74) is 10.3. The summed E-state index contributed by atoms with van der Waals surface area (Å²) in [7, 11) is 0. The summed E-state index contributed by atoms with van der Waals surface area (Å²) in [6.45, 7) is 2.55. The van der Waals surface area contributed by atoms with Crippen LogP contribution < -0.4 is 5.73 Å². The number of hydrogen-bond acceptors (Lipinski definition) is 2. The van der Waals surface area contributed by atoms with Crippen LogP contribution in [0, 0.1) is 6.92 Å². The fourth-order valence-corrected chi connectivity index (χ4v) is 3.70. The van der Waals surface area contributed by atoms with E-state index in [1.54, 1.807) is 12.1 Å². The highest BCUT2D eigenvalue weighted by Crippen LogP contribution is 2.40. The predicted octanol–water partition coefficient (Wildman–Crippen LogP) is 5.43. The van der Waals surface area contributed by atoms with Crippen molar-refractivity contribution in [2.75, 3.05) is 6.54 Å². The second kappa shape index (κ2) is 7.70. The van der Waals surface area contributed by atoms with E-state index in [0.717, 1.165) is 46.1 Å². The molecule has 0 aliphatic carbocycles. The lowest BCUT2D eigenvalue weighted by Crippen LogP contribution is -2.01. The molecule has 0 saturated carbocycles. The number of aryl methyl sites for hydroxylation is 2. The lowest BCUT2D eigenvalue weighted by molar-refractivity contribution is 0.0699. The monoisotopic (exact) mass is 390 g/mol. The number of nitrogens with two attached hydrogens (primary N) is 1. The van der Waals surface area contributed by atoms with Gasteiger partial charge in [0.1, 0.15) is 0 Å². The molecule has 4 nitrogen and oxygen atoms in total. The average Bonchev–Trinajstić information content (AvgIpc) is 2.98. The number of fused-ring (bicyclic) bond motifs is 1. The first-order chi connectivity index (χ1) is 12.5. The van der Waals surface area contributed by atoms with Crippen LogP contribution in [0.25, 0.3) is 22.2 Å². The number of carbonyl (C=O) groups is 1. The highest BCUT2D eigenvalue weighted by molar-refractivity contribution is 6.43. The van der Waals surface area contributed by atoms with E-state index in [0.29, 0.717) is 23.0 Å². The number of aromatic carboxylic acids is 1. The molecule has 4 N–H and O–H groups in total. The number of aromatic amines is 1. The minimum absolute atomic E-state index is 0.286. The highest BCUT2D eigenvalue weighted by atomic mass is 35.5. The molecule has 0 atom stereocenters. The zero-order valence-corrected chi connectivity index (χ0v) is 15.9. The summed E-state index contributed by atoms with van der Waals surface area (Å²) < 4.78 is 0. The third-order valence-corrected chi connectivity index (χ3v) is 5.42. The van der Waals surface area contributed by atoms with Crippen LogP contribution in [0.15, 0.2) is 30.3 Å². The number of carboxylic acid groups (broad SMARTS) is 1. The molecule has 0 amide bonds. The molecule has 136 valence electrons. The standard InChI is InChI=1S/C20H20Cl2N2O2/c1-11-8-9-13(20(25)26)16-12(5-2-3-10-23)19(24-18(11)16)14-6-4-7-15(21)17(14)22/h4,6-9,24H,2-3,5,10,23H2,1H3,(H,25,26). The van der Waals surface area contributed by atoms with Gasteiger partial charge in [0.25, 0.3) is 0 Å². The lowest BCUT2D eigenvalue weighted by Gasteiger charge is -2.09. The van der Waals surface area contributed by atoms with Gasteiger partial charge in [0.15, 0.2) is 0 Å². The van der Waals surface area contributed by atoms with Crippen molar-refractivity contribution in [3.8, 4) is 11.3 Å². The van der Waals surface area contributed by atoms with Gasteiger partial charge in [0, 0.05) is 16.5 Å². The Morgan fingerprint density at radius 2 is 1.96 bits per heavy atom. The third-order valence-electron chi connectivity index (χ3n) is 4.60. The van der Waals surface area contributed by atoms with Crippen LogP contribution >= 0.6 is 23.2 Å². The topological polar surface area (TPSA) is 79.1 Å². The smallest absolute Gasteiger partial charge is 0.336 e. The van der Waals surface area contributed by atoms with Crippen molar-refractivity contribution in [3.05, 3.63) is 57.1 Å². The molecule has 6 heteroatoms. The molecule has 3 aromatic rings. The summed E-state index contributed by atoms with van der Waals surface area (Å²) in [5.74, 6) is -0.946. The van der Waals surface area contributed by atoms with Gasteiger partial charge < -0.3 is 15.8 Å². The van der Waals surface area contributed by atoms with Gasteiger partial charge >= 0.3 is 5.97 Å². The van der Waals surface area contributed by atoms with E-state index in [9.17, 15) is 9.90 Å². The van der Waals surface area contributed by atoms with E-state index in [-0.39, 0.29) is 5.56 Å². The van der Waals surface area contributed by atoms with Gasteiger partial charge in [0.2, 0.25) is 0 Å². The van der Waals surface area contributed by atoms with Gasteiger partial charge in [0.05, 0.1) is 21.3 Å². The maximum Gasteiger partial charge on any atom is 0.336 e. The SMILES string of the molecule is Cc1ccc(C(=O)O)c2c(CCCCN)c(-c3cccc(Cl)c3Cl)[nH]c12. The van der Waals surface area contributed by atoms with Gasteiger partial charge in [-0.05, 0) is 56.0 Å². The fraction of sp³-hybridized carbons (Fsp3) is 0.250. The number of nitrogens with one attached hydrogen (secondary N) is 1. The molecule has 26 heavy (non-hydrogen) atoms. The Kier molecular flexibility index (Phi) is 5.56. The molecule has 0 spiro atoms. The maximum atomic E-state index is 11.8. The Balaban J connectivity index is 2.33. The Morgan fingerprint density at radius 3 is 2.65 bits per heavy atom. The molecular formula is C20H20Cl2N2O2. The van der Waals surface area contributed by atoms with E-state index in [1.807, 2.05) is 25.1 Å². The number of carboxylic acids is 1. The van der Waals surface area contributed by atoms with Gasteiger partial charge in [-0.25, -0.2) is 4.79 Å². The van der Waals surface area contributed by atoms with Crippen molar-refractivity contribution in [2.24, 2.45) is 5.73 Å². The second-order valence-electron chi connectivity index (χ2n) is 6.31. The minimum atomic E-state index is -0.946. The molecule has 2 aromatic carbocycles. The molecule has 1 aromatic heterocycles. The van der Waals surface area contributed by atoms with Crippen LogP contribution in [0.2, 0.25) is 10.0 Å². The van der Waals surface area contributed by atoms with Crippen molar-refractivity contribution in [2.45, 2.75) is 26.2 Å². The van der Waals surface area contributed by atoms with Crippen LogP contribution in [0.3, 0.4) is 0 Å². The highest BCUT2D eigenvalue weighted by Gasteiger charge is 2.21. The van der Waals surface area contributed by atoms with Gasteiger partial charge in [-0.2, -0.15) is 0 Å². The molecule has 0 aliphatic heterocycles. The van der Waals surface area contributed by atoms with Crippen LogP contribution in [0.5, 0.6) is 0 Å². The fourth-order valence-electron chi connectivity index (χ4n) is 3.31. The zero-order chi connectivity index (χ0) is 18.8. The number of halogens is 2. The molecule has 1 heterocycles. The number of hydrogen-bond donors (Lipinski definition) is 3. The minimum Gasteiger partial charge on any atom is -0.478 e. The average molecular weight is 391 g/mol. The van der Waals surface area contributed by atoms with Gasteiger partial charge in [-0.3, -0.25) is 0 Å². The van der Waals surface area contributed by atoms with Gasteiger partial charge in [-0.1, -0.05) is 41.4 Å². The Hall–Kier alpha value is -2.01. The van der Waals surface area contributed by atoms with Crippen LogP contribution in [-0.2, 0) is 6.42 Å². The van der Waals surface area contributed by atoms with Crippen LogP contribution in [0.1, 0.15) is 34.3 Å². The number of aromatic nitrogens is 1. The van der Waals surface area contributed by atoms with E-state index >= 15 is 0 Å². The lowest BCUT2D eigenvalue weighted by atomic mass is 9.96. The number of rotatable bonds is 6. The molecule has 0 saturated heterocycles. The summed E-state index contributed by atoms with van der Waals surface area (Å²) in [4.78, 5) is 15.2. The van der Waals surface area contributed by atoms with Crippen LogP contribution in [0.4, 0.5) is 0 Å². The van der Waals surface area contributed by atoms with E-state index in [2.05, 4.69) is 4.98 Å². The van der Waals surface area contributed by atoms with Crippen molar-refractivity contribution >= 4 is 40.1 Å². The maximum absolute atomic E-state index is 11.8. The largest absolute Gasteiger partial charge is 0.478 e. The molecule has 0 unspecified atom stereocenters. The first kappa shape index (κ1) is 18.8.